The van der Waals surface area contributed by atoms with Crippen LogP contribution >= 0.6 is 0 Å². The Balaban J connectivity index is 1.76. The fraction of sp³-hybridized carbons (Fsp3) is 0.562. The number of ether oxygens (including phenoxy) is 1. The zero-order chi connectivity index (χ0) is 13.9. The van der Waals surface area contributed by atoms with Crippen LogP contribution in [0, 0.1) is 5.92 Å². The van der Waals surface area contributed by atoms with Gasteiger partial charge in [-0.05, 0) is 30.9 Å². The molecule has 0 amide bonds. The maximum Gasteiger partial charge on any atom is 0.313 e. The van der Waals surface area contributed by atoms with Crippen LogP contribution in [0.2, 0.25) is 0 Å². The van der Waals surface area contributed by atoms with Crippen molar-refractivity contribution in [3.05, 3.63) is 35.4 Å². The van der Waals surface area contributed by atoms with Crippen LogP contribution < -0.4 is 0 Å². The minimum Gasteiger partial charge on any atom is -0.461 e. The zero-order valence-corrected chi connectivity index (χ0v) is 11.5. The number of esters is 1. The summed E-state index contributed by atoms with van der Waals surface area (Å²) in [5.74, 6) is -0.598. The van der Waals surface area contributed by atoms with Crippen molar-refractivity contribution in [3.63, 3.8) is 0 Å². The van der Waals surface area contributed by atoms with Crippen LogP contribution in [0.4, 0.5) is 0 Å². The predicted octanol–water partition coefficient (Wildman–Crippen LogP) is 1.28. The van der Waals surface area contributed by atoms with Crippen LogP contribution in [0.1, 0.15) is 30.5 Å². The van der Waals surface area contributed by atoms with Gasteiger partial charge in [0.15, 0.2) is 0 Å². The van der Waals surface area contributed by atoms with Gasteiger partial charge in [0.1, 0.15) is 12.0 Å². The first-order valence-electron chi connectivity index (χ1n) is 7.39. The van der Waals surface area contributed by atoms with Gasteiger partial charge in [0, 0.05) is 12.6 Å². The van der Waals surface area contributed by atoms with Gasteiger partial charge in [-0.2, -0.15) is 0 Å². The Morgan fingerprint density at radius 1 is 1.35 bits per heavy atom. The van der Waals surface area contributed by atoms with E-state index in [0.29, 0.717) is 6.42 Å². The summed E-state index contributed by atoms with van der Waals surface area (Å²) in [5.41, 5.74) is 2.68. The first-order chi connectivity index (χ1) is 9.66. The molecule has 0 aromatic heterocycles. The minimum absolute atomic E-state index is 0.0182. The van der Waals surface area contributed by atoms with Crippen molar-refractivity contribution >= 4 is 5.97 Å². The predicted molar refractivity (Wildman–Crippen MR) is 73.0 cm³/mol. The lowest BCUT2D eigenvalue weighted by molar-refractivity contribution is -0.147. The van der Waals surface area contributed by atoms with Crippen LogP contribution in [0.25, 0.3) is 0 Å². The Morgan fingerprint density at radius 3 is 3.00 bits per heavy atom. The highest BCUT2D eigenvalue weighted by Gasteiger charge is 2.55. The molecule has 4 nitrogen and oxygen atoms in total. The summed E-state index contributed by atoms with van der Waals surface area (Å²) in [6.07, 6.45) is 0.910. The van der Waals surface area contributed by atoms with Crippen molar-refractivity contribution in [2.75, 3.05) is 6.54 Å². The van der Waals surface area contributed by atoms with Crippen molar-refractivity contribution in [2.24, 2.45) is 5.92 Å². The van der Waals surface area contributed by atoms with Gasteiger partial charge in [0.05, 0.1) is 12.1 Å². The molecule has 1 aromatic carbocycles. The van der Waals surface area contributed by atoms with Crippen molar-refractivity contribution in [1.29, 1.82) is 0 Å². The smallest absolute Gasteiger partial charge is 0.313 e. The largest absolute Gasteiger partial charge is 0.461 e. The van der Waals surface area contributed by atoms with E-state index in [2.05, 4.69) is 29.2 Å². The van der Waals surface area contributed by atoms with Crippen LogP contribution in [-0.4, -0.2) is 40.8 Å². The Kier molecular flexibility index (Phi) is 2.66. The number of hydrogen-bond donors (Lipinski definition) is 1. The van der Waals surface area contributed by atoms with Crippen LogP contribution in [0.15, 0.2) is 24.3 Å². The third kappa shape index (κ3) is 1.58. The van der Waals surface area contributed by atoms with E-state index < -0.39 is 6.10 Å². The maximum atomic E-state index is 11.9. The van der Waals surface area contributed by atoms with Crippen LogP contribution in [0.5, 0.6) is 0 Å². The molecule has 0 saturated carbocycles. The second-order valence-electron chi connectivity index (χ2n) is 6.16. The summed E-state index contributed by atoms with van der Waals surface area (Å²) in [5, 5.41) is 10.4. The average molecular weight is 273 g/mol. The summed E-state index contributed by atoms with van der Waals surface area (Å²) in [6, 6.07) is 8.69. The summed E-state index contributed by atoms with van der Waals surface area (Å²) in [6.45, 7) is 2.88. The standard InChI is InChI=1S/C16H19NO3/c1-9-15-14(16(19)20-9)13(18)8-12-11-5-3-2-4-10(11)6-7-17(12)15/h2-5,9,12-15,18H,6-8H2,1H3/t9-,12-,13+,14+,15-/m0/s1. The maximum absolute atomic E-state index is 11.9. The lowest BCUT2D eigenvalue weighted by atomic mass is 9.77. The van der Waals surface area contributed by atoms with E-state index in [-0.39, 0.29) is 30.1 Å². The van der Waals surface area contributed by atoms with Crippen LogP contribution in [0.3, 0.4) is 0 Å². The number of cyclic esters (lactones) is 1. The molecule has 106 valence electrons. The van der Waals surface area contributed by atoms with E-state index in [1.54, 1.807) is 0 Å². The van der Waals surface area contributed by atoms with E-state index in [0.717, 1.165) is 13.0 Å². The molecule has 1 aromatic rings. The summed E-state index contributed by atoms with van der Waals surface area (Å²) >= 11 is 0. The van der Waals surface area contributed by atoms with Crippen molar-refractivity contribution in [2.45, 2.75) is 44.1 Å². The molecule has 1 N–H and O–H groups in total. The van der Waals surface area contributed by atoms with Gasteiger partial charge in [-0.1, -0.05) is 24.3 Å². The molecule has 3 heterocycles. The van der Waals surface area contributed by atoms with E-state index in [4.69, 9.17) is 4.74 Å². The Bertz CT molecular complexity index is 558. The molecule has 2 saturated heterocycles. The lowest BCUT2D eigenvalue weighted by Crippen LogP contribution is -2.56. The monoisotopic (exact) mass is 273 g/mol. The van der Waals surface area contributed by atoms with E-state index >= 15 is 0 Å². The van der Waals surface area contributed by atoms with Crippen molar-refractivity contribution < 1.29 is 14.6 Å². The SMILES string of the molecule is C[C@@H]1OC(=O)[C@H]2[C@H]1N1CCc3ccccc3[C@@H]1C[C@H]2O. The van der Waals surface area contributed by atoms with Gasteiger partial charge >= 0.3 is 5.97 Å². The average Bonchev–Trinajstić information content (AvgIpc) is 2.75. The van der Waals surface area contributed by atoms with Gasteiger partial charge < -0.3 is 9.84 Å². The van der Waals surface area contributed by atoms with Gasteiger partial charge in [0.2, 0.25) is 0 Å². The quantitative estimate of drug-likeness (QED) is 0.724. The highest BCUT2D eigenvalue weighted by Crippen LogP contribution is 2.45. The fourth-order valence-electron chi connectivity index (χ4n) is 4.29. The third-order valence-electron chi connectivity index (χ3n) is 5.14. The molecule has 0 bridgehead atoms. The number of rotatable bonds is 0. The normalized spacial score (nSPS) is 39.7. The topological polar surface area (TPSA) is 49.8 Å². The molecule has 0 aliphatic carbocycles. The molecule has 4 heteroatoms. The first-order valence-corrected chi connectivity index (χ1v) is 7.39. The summed E-state index contributed by atoms with van der Waals surface area (Å²) < 4.78 is 5.37. The van der Waals surface area contributed by atoms with E-state index in [9.17, 15) is 9.90 Å². The second-order valence-corrected chi connectivity index (χ2v) is 6.16. The number of carbonyl (C=O) groups is 1. The molecule has 0 spiro atoms. The molecule has 2 fully saturated rings. The van der Waals surface area contributed by atoms with E-state index in [1.165, 1.54) is 11.1 Å². The molecule has 0 radical (unpaired) electrons. The molecule has 5 atom stereocenters. The number of benzene rings is 1. The number of aliphatic hydroxyl groups excluding tert-OH is 1. The Morgan fingerprint density at radius 2 is 2.15 bits per heavy atom. The molecule has 20 heavy (non-hydrogen) atoms. The molecular formula is C16H19NO3. The number of aliphatic hydroxyl groups is 1. The number of piperidine rings is 1. The summed E-state index contributed by atoms with van der Waals surface area (Å²) in [4.78, 5) is 14.3. The number of carbonyl (C=O) groups excluding carboxylic acids is 1. The van der Waals surface area contributed by atoms with Crippen molar-refractivity contribution in [3.8, 4) is 0 Å². The Hall–Kier alpha value is -1.39. The molecule has 3 aliphatic heterocycles. The van der Waals surface area contributed by atoms with Gasteiger partial charge in [0.25, 0.3) is 0 Å². The number of fused-ring (bicyclic) bond motifs is 5. The summed E-state index contributed by atoms with van der Waals surface area (Å²) in [7, 11) is 0. The Labute approximate surface area is 118 Å². The second kappa shape index (κ2) is 4.30. The number of nitrogens with zero attached hydrogens (tertiary/aromatic N) is 1. The van der Waals surface area contributed by atoms with Crippen molar-refractivity contribution in [1.82, 2.24) is 4.90 Å². The molecule has 0 unspecified atom stereocenters. The minimum atomic E-state index is -0.593. The van der Waals surface area contributed by atoms with Gasteiger partial charge in [-0.15, -0.1) is 0 Å². The number of hydrogen-bond acceptors (Lipinski definition) is 4. The zero-order valence-electron chi connectivity index (χ0n) is 11.5. The lowest BCUT2D eigenvalue weighted by Gasteiger charge is -2.48. The fourth-order valence-corrected chi connectivity index (χ4v) is 4.29. The van der Waals surface area contributed by atoms with Gasteiger partial charge in [-0.3, -0.25) is 9.69 Å². The van der Waals surface area contributed by atoms with E-state index in [1.807, 2.05) is 6.92 Å². The third-order valence-corrected chi connectivity index (χ3v) is 5.14. The molecular weight excluding hydrogens is 254 g/mol. The molecule has 4 rings (SSSR count). The van der Waals surface area contributed by atoms with Crippen LogP contribution in [-0.2, 0) is 16.0 Å². The highest BCUT2D eigenvalue weighted by atomic mass is 16.6. The molecule has 3 aliphatic rings. The van der Waals surface area contributed by atoms with Gasteiger partial charge in [-0.25, -0.2) is 0 Å². The first kappa shape index (κ1) is 12.4. The highest BCUT2D eigenvalue weighted by molar-refractivity contribution is 5.77.